The molecule has 2 heterocycles. The molecule has 0 aromatic carbocycles. The number of hydrogen-bond acceptors (Lipinski definition) is 3. The van der Waals surface area contributed by atoms with Crippen LogP contribution in [-0.2, 0) is 5.75 Å². The topological polar surface area (TPSA) is 20.2 Å². The lowest BCUT2D eigenvalue weighted by atomic mass is 9.71. The predicted molar refractivity (Wildman–Crippen MR) is 78.6 cm³/mol. The fourth-order valence-electron chi connectivity index (χ4n) is 3.50. The number of aliphatic hydroxyl groups is 1. The fourth-order valence-corrected chi connectivity index (χ4v) is 5.92. The van der Waals surface area contributed by atoms with Gasteiger partial charge < -0.3 is 5.11 Å². The van der Waals surface area contributed by atoms with E-state index < -0.39 is 0 Å². The SMILES string of the molecule is C[C@@]12CCC3=C(SCc4sccc43)C1=CC[C@@H]2O. The van der Waals surface area contributed by atoms with Crippen LogP contribution in [0.2, 0.25) is 0 Å². The average Bonchev–Trinajstić information content (AvgIpc) is 2.94. The molecule has 3 heteroatoms. The van der Waals surface area contributed by atoms with Crippen molar-refractivity contribution in [3.63, 3.8) is 0 Å². The van der Waals surface area contributed by atoms with Crippen LogP contribution in [0.25, 0.3) is 5.57 Å². The van der Waals surface area contributed by atoms with Crippen molar-refractivity contribution in [2.75, 3.05) is 0 Å². The Morgan fingerprint density at radius 3 is 3.22 bits per heavy atom. The second-order valence-corrected chi connectivity index (χ2v) is 7.63. The zero-order valence-electron chi connectivity index (χ0n) is 10.4. The minimum absolute atomic E-state index is 0.0133. The maximum absolute atomic E-state index is 10.2. The molecular formula is C15H16OS2. The number of aliphatic hydroxyl groups excluding tert-OH is 1. The summed E-state index contributed by atoms with van der Waals surface area (Å²) in [5, 5.41) is 12.5. The number of hydrogen-bond donors (Lipinski definition) is 1. The molecular weight excluding hydrogens is 260 g/mol. The Morgan fingerprint density at radius 2 is 2.33 bits per heavy atom. The van der Waals surface area contributed by atoms with E-state index in [0.717, 1.165) is 25.0 Å². The highest BCUT2D eigenvalue weighted by atomic mass is 32.2. The highest BCUT2D eigenvalue weighted by molar-refractivity contribution is 8.03. The van der Waals surface area contributed by atoms with Gasteiger partial charge in [0.2, 0.25) is 0 Å². The Morgan fingerprint density at radius 1 is 1.44 bits per heavy atom. The molecule has 3 aliphatic rings. The van der Waals surface area contributed by atoms with E-state index in [4.69, 9.17) is 0 Å². The van der Waals surface area contributed by atoms with Crippen molar-refractivity contribution in [3.05, 3.63) is 38.4 Å². The van der Waals surface area contributed by atoms with Crippen LogP contribution in [0.15, 0.2) is 28.0 Å². The summed E-state index contributed by atoms with van der Waals surface area (Å²) in [6, 6.07) is 2.28. The van der Waals surface area contributed by atoms with Crippen LogP contribution in [0, 0.1) is 5.41 Å². The first-order valence-corrected chi connectivity index (χ1v) is 8.38. The van der Waals surface area contributed by atoms with Gasteiger partial charge in [0, 0.05) is 21.0 Å². The normalized spacial score (nSPS) is 33.9. The maximum atomic E-state index is 10.2. The standard InChI is InChI=1S/C15H16OS2/c1-15-6-4-10-9-5-7-17-12(9)8-18-14(10)11(15)2-3-13(15)16/h2,5,7,13,16H,3-4,6,8H2,1H3/t13-,15+/m0/s1. The van der Waals surface area contributed by atoms with Gasteiger partial charge >= 0.3 is 0 Å². The molecule has 0 saturated carbocycles. The van der Waals surface area contributed by atoms with E-state index in [9.17, 15) is 5.11 Å². The zero-order chi connectivity index (χ0) is 12.3. The van der Waals surface area contributed by atoms with E-state index in [1.165, 1.54) is 20.9 Å². The molecule has 18 heavy (non-hydrogen) atoms. The quantitative estimate of drug-likeness (QED) is 0.766. The smallest absolute Gasteiger partial charge is 0.0669 e. The van der Waals surface area contributed by atoms with E-state index in [1.807, 2.05) is 23.1 Å². The van der Waals surface area contributed by atoms with Gasteiger partial charge in [0.05, 0.1) is 6.10 Å². The van der Waals surface area contributed by atoms with Gasteiger partial charge in [-0.2, -0.15) is 0 Å². The Hall–Kier alpha value is -0.510. The molecule has 0 fully saturated rings. The van der Waals surface area contributed by atoms with Crippen molar-refractivity contribution >= 4 is 28.7 Å². The molecule has 0 saturated heterocycles. The summed E-state index contributed by atoms with van der Waals surface area (Å²) in [5.74, 6) is 1.11. The average molecular weight is 276 g/mol. The molecule has 0 bridgehead atoms. The first kappa shape index (κ1) is 11.3. The van der Waals surface area contributed by atoms with Gasteiger partial charge in [0.15, 0.2) is 0 Å². The Bertz CT molecular complexity index is 581. The van der Waals surface area contributed by atoms with E-state index in [2.05, 4.69) is 24.4 Å². The first-order chi connectivity index (χ1) is 8.70. The number of rotatable bonds is 0. The van der Waals surface area contributed by atoms with Crippen molar-refractivity contribution in [1.82, 2.24) is 0 Å². The molecule has 0 amide bonds. The monoisotopic (exact) mass is 276 g/mol. The molecule has 4 rings (SSSR count). The van der Waals surface area contributed by atoms with Crippen LogP contribution in [-0.4, -0.2) is 11.2 Å². The van der Waals surface area contributed by atoms with Crippen LogP contribution in [0.4, 0.5) is 0 Å². The highest BCUT2D eigenvalue weighted by Gasteiger charge is 2.45. The molecule has 94 valence electrons. The van der Waals surface area contributed by atoms with Crippen molar-refractivity contribution in [2.45, 2.75) is 38.0 Å². The summed E-state index contributed by atoms with van der Waals surface area (Å²) in [5.41, 5.74) is 4.47. The first-order valence-electron chi connectivity index (χ1n) is 6.52. The van der Waals surface area contributed by atoms with E-state index in [-0.39, 0.29) is 11.5 Å². The minimum atomic E-state index is -0.175. The molecule has 1 nitrogen and oxygen atoms in total. The molecule has 1 aliphatic heterocycles. The van der Waals surface area contributed by atoms with Crippen LogP contribution in [0.3, 0.4) is 0 Å². The summed E-state index contributed by atoms with van der Waals surface area (Å²) < 4.78 is 0. The van der Waals surface area contributed by atoms with Crippen LogP contribution in [0.5, 0.6) is 0 Å². The third kappa shape index (κ3) is 1.33. The van der Waals surface area contributed by atoms with E-state index >= 15 is 0 Å². The summed E-state index contributed by atoms with van der Waals surface area (Å²) in [6.07, 6.45) is 5.15. The molecule has 1 N–H and O–H groups in total. The zero-order valence-corrected chi connectivity index (χ0v) is 12.0. The van der Waals surface area contributed by atoms with E-state index in [1.54, 1.807) is 5.57 Å². The summed E-state index contributed by atoms with van der Waals surface area (Å²) in [7, 11) is 0. The Labute approximate surface area is 116 Å². The lowest BCUT2D eigenvalue weighted by Crippen LogP contribution is -2.32. The lowest BCUT2D eigenvalue weighted by Gasteiger charge is -2.39. The molecule has 0 spiro atoms. The van der Waals surface area contributed by atoms with Gasteiger partial charge in [0.25, 0.3) is 0 Å². The van der Waals surface area contributed by atoms with Gasteiger partial charge in [-0.05, 0) is 47.4 Å². The minimum Gasteiger partial charge on any atom is -0.392 e. The van der Waals surface area contributed by atoms with Crippen LogP contribution in [0.1, 0.15) is 36.6 Å². The number of thiophene rings is 1. The Balaban J connectivity index is 1.88. The third-order valence-electron chi connectivity index (χ3n) is 4.73. The molecule has 2 aliphatic carbocycles. The van der Waals surface area contributed by atoms with Crippen molar-refractivity contribution in [3.8, 4) is 0 Å². The third-order valence-corrected chi connectivity index (χ3v) is 7.02. The van der Waals surface area contributed by atoms with Crippen molar-refractivity contribution in [2.24, 2.45) is 5.41 Å². The second-order valence-electron chi connectivity index (χ2n) is 5.64. The summed E-state index contributed by atoms with van der Waals surface area (Å²) in [4.78, 5) is 3.01. The van der Waals surface area contributed by atoms with Gasteiger partial charge in [-0.3, -0.25) is 0 Å². The van der Waals surface area contributed by atoms with Gasteiger partial charge in [-0.15, -0.1) is 23.1 Å². The van der Waals surface area contributed by atoms with Crippen LogP contribution < -0.4 is 0 Å². The van der Waals surface area contributed by atoms with E-state index in [0.29, 0.717) is 0 Å². The van der Waals surface area contributed by atoms with Crippen molar-refractivity contribution in [1.29, 1.82) is 0 Å². The molecule has 0 radical (unpaired) electrons. The maximum Gasteiger partial charge on any atom is 0.0669 e. The fraction of sp³-hybridized carbons (Fsp3) is 0.467. The van der Waals surface area contributed by atoms with Crippen molar-refractivity contribution < 1.29 is 5.11 Å². The lowest BCUT2D eigenvalue weighted by molar-refractivity contribution is 0.0739. The summed E-state index contributed by atoms with van der Waals surface area (Å²) in [6.45, 7) is 2.24. The van der Waals surface area contributed by atoms with Gasteiger partial charge in [-0.25, -0.2) is 0 Å². The number of allylic oxidation sites excluding steroid dienone is 2. The molecule has 1 aromatic heterocycles. The van der Waals surface area contributed by atoms with Gasteiger partial charge in [0.1, 0.15) is 0 Å². The highest BCUT2D eigenvalue weighted by Crippen LogP contribution is 2.58. The number of thioether (sulfide) groups is 1. The summed E-state index contributed by atoms with van der Waals surface area (Å²) >= 11 is 3.86. The predicted octanol–water partition coefficient (Wildman–Crippen LogP) is 4.20. The molecule has 2 atom stereocenters. The Kier molecular flexibility index (Phi) is 2.36. The van der Waals surface area contributed by atoms with Crippen LogP contribution >= 0.6 is 23.1 Å². The molecule has 0 unspecified atom stereocenters. The van der Waals surface area contributed by atoms with Gasteiger partial charge in [-0.1, -0.05) is 13.0 Å². The second kappa shape index (κ2) is 3.75. The largest absolute Gasteiger partial charge is 0.392 e. The molecule has 1 aromatic rings. The number of fused-ring (bicyclic) bond motifs is 4.